The fourth-order valence-corrected chi connectivity index (χ4v) is 1.31. The number of hydrogen-bond donors (Lipinski definition) is 0. The minimum Gasteiger partial charge on any atom is -0.471 e. The average molecular weight is 150 g/mol. The number of rotatable bonds is 0. The van der Waals surface area contributed by atoms with Gasteiger partial charge in [0.25, 0.3) is 0 Å². The van der Waals surface area contributed by atoms with Crippen LogP contribution in [0.1, 0.15) is 13.8 Å². The van der Waals surface area contributed by atoms with Gasteiger partial charge in [-0.2, -0.15) is 0 Å². The molecule has 0 saturated carbocycles. The molecule has 0 aliphatic carbocycles. The van der Waals surface area contributed by atoms with Crippen LogP contribution in [0.2, 0.25) is 0 Å². The van der Waals surface area contributed by atoms with Crippen LogP contribution in [0, 0.1) is 0 Å². The number of nitrogens with zero attached hydrogens (tertiary/aromatic N) is 2. The second kappa shape index (κ2) is 2.19. The number of allylic oxidation sites excluding steroid dienone is 1. The van der Waals surface area contributed by atoms with Gasteiger partial charge in [-0.25, -0.2) is 4.99 Å². The third-order valence-corrected chi connectivity index (χ3v) is 1.81. The Bertz CT molecular complexity index is 265. The van der Waals surface area contributed by atoms with Crippen LogP contribution in [0.25, 0.3) is 0 Å². The van der Waals surface area contributed by atoms with Crippen LogP contribution in [0.3, 0.4) is 0 Å². The van der Waals surface area contributed by atoms with Crippen molar-refractivity contribution in [1.82, 2.24) is 0 Å². The summed E-state index contributed by atoms with van der Waals surface area (Å²) in [4.78, 5) is 8.40. The average Bonchev–Trinajstić information content (AvgIpc) is 2.27. The summed E-state index contributed by atoms with van der Waals surface area (Å²) in [7, 11) is 0. The topological polar surface area (TPSA) is 34.0 Å². The van der Waals surface area contributed by atoms with Crippen molar-refractivity contribution in [2.24, 2.45) is 9.98 Å². The van der Waals surface area contributed by atoms with Gasteiger partial charge in [0.2, 0.25) is 0 Å². The Labute approximate surface area is 65.5 Å². The Morgan fingerprint density at radius 3 is 3.09 bits per heavy atom. The van der Waals surface area contributed by atoms with Crippen LogP contribution in [0.15, 0.2) is 21.8 Å². The third kappa shape index (κ3) is 1.06. The van der Waals surface area contributed by atoms with Crippen molar-refractivity contribution >= 4 is 12.1 Å². The highest BCUT2D eigenvalue weighted by atomic mass is 16.5. The molecule has 3 nitrogen and oxygen atoms in total. The molecule has 58 valence electrons. The van der Waals surface area contributed by atoms with Crippen LogP contribution >= 0.6 is 0 Å². The Hall–Kier alpha value is -1.12. The summed E-state index contributed by atoms with van der Waals surface area (Å²) in [6.07, 6.45) is 3.95. The number of aliphatic imine (C=N–C) groups is 2. The predicted octanol–water partition coefficient (Wildman–Crippen LogP) is 1.16. The van der Waals surface area contributed by atoms with E-state index in [0.29, 0.717) is 0 Å². The molecule has 0 amide bonds. The molecule has 0 aromatic carbocycles. The van der Waals surface area contributed by atoms with E-state index in [2.05, 4.69) is 9.98 Å². The summed E-state index contributed by atoms with van der Waals surface area (Å²) in [6.45, 7) is 3.83. The van der Waals surface area contributed by atoms with E-state index >= 15 is 0 Å². The monoisotopic (exact) mass is 150 g/mol. The minimum absolute atomic E-state index is 0.104. The largest absolute Gasteiger partial charge is 0.471 e. The summed E-state index contributed by atoms with van der Waals surface area (Å²) in [6, 6.07) is 0.124. The molecule has 2 atom stereocenters. The van der Waals surface area contributed by atoms with Gasteiger partial charge in [-0.3, -0.25) is 4.99 Å². The van der Waals surface area contributed by atoms with Crippen molar-refractivity contribution in [3.63, 3.8) is 0 Å². The fourth-order valence-electron chi connectivity index (χ4n) is 1.31. The maximum absolute atomic E-state index is 5.42. The highest BCUT2D eigenvalue weighted by Crippen LogP contribution is 2.18. The van der Waals surface area contributed by atoms with Crippen molar-refractivity contribution < 1.29 is 4.74 Å². The van der Waals surface area contributed by atoms with E-state index in [0.717, 1.165) is 11.6 Å². The van der Waals surface area contributed by atoms with Gasteiger partial charge in [-0.15, -0.1) is 0 Å². The normalized spacial score (nSPS) is 34.0. The molecule has 0 bridgehead atoms. The lowest BCUT2D eigenvalue weighted by atomic mass is 10.1. The minimum atomic E-state index is 0.104. The summed E-state index contributed by atoms with van der Waals surface area (Å²) in [5.74, 6) is 0.761. The van der Waals surface area contributed by atoms with Crippen LogP contribution in [-0.2, 0) is 4.74 Å². The zero-order chi connectivity index (χ0) is 7.84. The van der Waals surface area contributed by atoms with Crippen LogP contribution in [0.5, 0.6) is 0 Å². The predicted molar refractivity (Wildman–Crippen MR) is 44.0 cm³/mol. The first kappa shape index (κ1) is 6.58. The standard InChI is InChI=1S/C8H10N2O/c1-5-3-8-7(4-9-5)10-6(2)11-8/h3-4,7-8H,1-2H3. The molecule has 0 saturated heterocycles. The van der Waals surface area contributed by atoms with E-state index in [4.69, 9.17) is 4.74 Å². The van der Waals surface area contributed by atoms with Crippen LogP contribution in [-0.4, -0.2) is 24.3 Å². The van der Waals surface area contributed by atoms with Gasteiger partial charge in [0, 0.05) is 18.8 Å². The molecule has 2 aliphatic rings. The van der Waals surface area contributed by atoms with Crippen LogP contribution < -0.4 is 0 Å². The van der Waals surface area contributed by atoms with Gasteiger partial charge >= 0.3 is 0 Å². The lowest BCUT2D eigenvalue weighted by molar-refractivity contribution is 0.257. The van der Waals surface area contributed by atoms with E-state index in [1.807, 2.05) is 26.1 Å². The molecule has 0 aromatic heterocycles. The van der Waals surface area contributed by atoms with Gasteiger partial charge < -0.3 is 4.74 Å². The highest BCUT2D eigenvalue weighted by Gasteiger charge is 2.27. The van der Waals surface area contributed by atoms with Crippen molar-refractivity contribution in [2.75, 3.05) is 0 Å². The van der Waals surface area contributed by atoms with E-state index in [9.17, 15) is 0 Å². The van der Waals surface area contributed by atoms with Gasteiger partial charge in [0.15, 0.2) is 5.90 Å². The van der Waals surface area contributed by atoms with Gasteiger partial charge in [0.05, 0.1) is 0 Å². The van der Waals surface area contributed by atoms with Crippen molar-refractivity contribution in [3.8, 4) is 0 Å². The maximum Gasteiger partial charge on any atom is 0.181 e. The molecule has 11 heavy (non-hydrogen) atoms. The molecule has 2 aliphatic heterocycles. The first-order valence-electron chi connectivity index (χ1n) is 3.69. The lowest BCUT2D eigenvalue weighted by Gasteiger charge is -2.13. The van der Waals surface area contributed by atoms with E-state index in [1.165, 1.54) is 0 Å². The van der Waals surface area contributed by atoms with E-state index in [1.54, 1.807) is 0 Å². The third-order valence-electron chi connectivity index (χ3n) is 1.81. The molecule has 0 aromatic rings. The quantitative estimate of drug-likeness (QED) is 0.510. The molecule has 2 unspecified atom stereocenters. The smallest absolute Gasteiger partial charge is 0.181 e. The fraction of sp³-hybridized carbons (Fsp3) is 0.500. The number of fused-ring (bicyclic) bond motifs is 1. The van der Waals surface area contributed by atoms with Crippen molar-refractivity contribution in [1.29, 1.82) is 0 Å². The SMILES string of the molecule is CC1=CC2OC(C)=NC2C=N1. The molecule has 0 fully saturated rings. The summed E-state index contributed by atoms with van der Waals surface area (Å²) in [5.41, 5.74) is 1.01. The zero-order valence-corrected chi connectivity index (χ0v) is 6.61. The summed E-state index contributed by atoms with van der Waals surface area (Å²) in [5, 5.41) is 0. The highest BCUT2D eigenvalue weighted by molar-refractivity contribution is 5.82. The van der Waals surface area contributed by atoms with Crippen molar-refractivity contribution in [3.05, 3.63) is 11.8 Å². The maximum atomic E-state index is 5.42. The lowest BCUT2D eigenvalue weighted by Crippen LogP contribution is -2.24. The Morgan fingerprint density at radius 1 is 1.45 bits per heavy atom. The molecule has 2 rings (SSSR count). The Morgan fingerprint density at radius 2 is 2.27 bits per heavy atom. The summed E-state index contributed by atoms with van der Waals surface area (Å²) < 4.78 is 5.42. The molecular formula is C8H10N2O. The number of ether oxygens (including phenoxy) is 1. The molecule has 0 radical (unpaired) electrons. The first-order chi connectivity index (χ1) is 5.25. The molecule has 2 heterocycles. The second-order valence-electron chi connectivity index (χ2n) is 2.81. The Kier molecular flexibility index (Phi) is 1.31. The van der Waals surface area contributed by atoms with Gasteiger partial charge in [-0.05, 0) is 13.0 Å². The molecule has 0 N–H and O–H groups in total. The Balaban J connectivity index is 2.25. The number of hydrogen-bond acceptors (Lipinski definition) is 3. The van der Waals surface area contributed by atoms with Gasteiger partial charge in [0.1, 0.15) is 12.1 Å². The zero-order valence-electron chi connectivity index (χ0n) is 6.61. The van der Waals surface area contributed by atoms with Crippen LogP contribution in [0.4, 0.5) is 0 Å². The summed E-state index contributed by atoms with van der Waals surface area (Å²) >= 11 is 0. The van der Waals surface area contributed by atoms with Crippen molar-refractivity contribution in [2.45, 2.75) is 26.0 Å². The second-order valence-corrected chi connectivity index (χ2v) is 2.81. The van der Waals surface area contributed by atoms with Gasteiger partial charge in [-0.1, -0.05) is 0 Å². The molecule has 3 heteroatoms. The molecule has 0 spiro atoms. The van der Waals surface area contributed by atoms with E-state index in [-0.39, 0.29) is 12.1 Å². The van der Waals surface area contributed by atoms with E-state index < -0.39 is 0 Å². The molecular weight excluding hydrogens is 140 g/mol. The first-order valence-corrected chi connectivity index (χ1v) is 3.69.